The molecule has 0 amide bonds. The first kappa shape index (κ1) is 27.6. The Morgan fingerprint density at radius 2 is 1.85 bits per heavy atom. The third kappa shape index (κ3) is 6.98. The highest BCUT2D eigenvalue weighted by Gasteiger charge is 2.26. The molecule has 0 spiro atoms. The second-order valence-electron chi connectivity index (χ2n) is 9.70. The summed E-state index contributed by atoms with van der Waals surface area (Å²) in [6.07, 6.45) is 6.54. The van der Waals surface area contributed by atoms with E-state index in [1.165, 1.54) is 45.0 Å². The number of ether oxygens (including phenoxy) is 1. The first-order valence-electron chi connectivity index (χ1n) is 13.1. The summed E-state index contributed by atoms with van der Waals surface area (Å²) in [5.74, 6) is 1.43. The molecule has 39 heavy (non-hydrogen) atoms. The Morgan fingerprint density at radius 3 is 2.59 bits per heavy atom. The van der Waals surface area contributed by atoms with Crippen molar-refractivity contribution < 1.29 is 13.5 Å². The summed E-state index contributed by atoms with van der Waals surface area (Å²) in [6, 6.07) is 14.1. The van der Waals surface area contributed by atoms with Crippen molar-refractivity contribution in [3.05, 3.63) is 59.2 Å². The number of para-hydroxylation sites is 1. The fraction of sp³-hybridized carbons (Fsp3) is 0.407. The number of rotatable bonds is 10. The minimum absolute atomic E-state index is 0.132. The van der Waals surface area contributed by atoms with Crippen LogP contribution < -0.4 is 25.0 Å². The first-order chi connectivity index (χ1) is 19.0. The molecular formula is C27H33ClN7O3S-. The summed E-state index contributed by atoms with van der Waals surface area (Å²) in [4.78, 5) is 14.0. The maximum atomic E-state index is 10.9. The topological polar surface area (TPSA) is 118 Å². The maximum absolute atomic E-state index is 10.9. The smallest absolute Gasteiger partial charge is 0.229 e. The molecule has 208 valence electrons. The Labute approximate surface area is 236 Å². The lowest BCUT2D eigenvalue weighted by molar-refractivity contribution is 0.208. The van der Waals surface area contributed by atoms with E-state index in [9.17, 15) is 8.76 Å². The van der Waals surface area contributed by atoms with E-state index >= 15 is 0 Å². The van der Waals surface area contributed by atoms with Gasteiger partial charge in [0.2, 0.25) is 5.95 Å². The van der Waals surface area contributed by atoms with Crippen LogP contribution in [-0.4, -0.2) is 63.0 Å². The molecule has 0 saturated carbocycles. The number of likely N-dealkylation sites (tertiary alicyclic amines) is 1. The summed E-state index contributed by atoms with van der Waals surface area (Å²) < 4.78 is 30.0. The van der Waals surface area contributed by atoms with Gasteiger partial charge in [0.1, 0.15) is 10.8 Å². The van der Waals surface area contributed by atoms with Crippen LogP contribution in [0.15, 0.2) is 48.7 Å². The highest BCUT2D eigenvalue weighted by Crippen LogP contribution is 2.34. The average Bonchev–Trinajstić information content (AvgIpc) is 3.50. The lowest BCUT2D eigenvalue weighted by Crippen LogP contribution is -2.43. The minimum Gasteiger partial charge on any atom is -0.760 e. The van der Waals surface area contributed by atoms with Crippen molar-refractivity contribution in [3.8, 4) is 5.75 Å². The molecule has 10 nitrogen and oxygen atoms in total. The Bertz CT molecular complexity index is 1300. The summed E-state index contributed by atoms with van der Waals surface area (Å²) in [6.45, 7) is 4.70. The van der Waals surface area contributed by atoms with Crippen LogP contribution in [-0.2, 0) is 17.8 Å². The van der Waals surface area contributed by atoms with Gasteiger partial charge in [-0.05, 0) is 62.5 Å². The van der Waals surface area contributed by atoms with E-state index in [0.29, 0.717) is 34.3 Å². The summed E-state index contributed by atoms with van der Waals surface area (Å²) in [5, 5.41) is 6.76. The second-order valence-corrected chi connectivity index (χ2v) is 10.9. The zero-order valence-corrected chi connectivity index (χ0v) is 23.4. The van der Waals surface area contributed by atoms with Gasteiger partial charge in [-0.1, -0.05) is 29.8 Å². The van der Waals surface area contributed by atoms with E-state index in [1.807, 2.05) is 30.3 Å². The molecule has 0 aliphatic carbocycles. The molecule has 3 heterocycles. The molecule has 1 unspecified atom stereocenters. The number of aromatic nitrogens is 2. The average molecular weight is 571 g/mol. The lowest BCUT2D eigenvalue weighted by atomic mass is 10.0. The van der Waals surface area contributed by atoms with Crippen LogP contribution >= 0.6 is 11.6 Å². The van der Waals surface area contributed by atoms with Gasteiger partial charge in [0.05, 0.1) is 19.0 Å². The van der Waals surface area contributed by atoms with Gasteiger partial charge in [0, 0.05) is 54.4 Å². The molecule has 5 rings (SSSR count). The summed E-state index contributed by atoms with van der Waals surface area (Å²) >= 11 is 4.02. The number of halogens is 1. The zero-order chi connectivity index (χ0) is 27.2. The van der Waals surface area contributed by atoms with Gasteiger partial charge < -0.3 is 29.7 Å². The van der Waals surface area contributed by atoms with Crippen molar-refractivity contribution in [3.63, 3.8) is 0 Å². The third-order valence-electron chi connectivity index (χ3n) is 7.31. The molecule has 2 fully saturated rings. The van der Waals surface area contributed by atoms with Gasteiger partial charge in [-0.3, -0.25) is 4.21 Å². The van der Waals surface area contributed by atoms with Crippen molar-refractivity contribution in [2.75, 3.05) is 48.8 Å². The summed E-state index contributed by atoms with van der Waals surface area (Å²) in [5.41, 5.74) is 3.30. The Hall–Kier alpha value is -2.96. The van der Waals surface area contributed by atoms with Crippen LogP contribution in [0.4, 0.5) is 28.8 Å². The van der Waals surface area contributed by atoms with E-state index in [-0.39, 0.29) is 6.54 Å². The van der Waals surface area contributed by atoms with Gasteiger partial charge in [-0.15, -0.1) is 0 Å². The number of piperidine rings is 1. The monoisotopic (exact) mass is 570 g/mol. The van der Waals surface area contributed by atoms with E-state index in [1.54, 1.807) is 7.11 Å². The fourth-order valence-corrected chi connectivity index (χ4v) is 5.68. The van der Waals surface area contributed by atoms with Gasteiger partial charge in [0.15, 0.2) is 5.82 Å². The molecule has 2 saturated heterocycles. The van der Waals surface area contributed by atoms with Crippen molar-refractivity contribution in [1.82, 2.24) is 19.6 Å². The van der Waals surface area contributed by atoms with Crippen LogP contribution in [0.2, 0.25) is 5.02 Å². The number of benzene rings is 2. The molecule has 3 aromatic rings. The number of hydrogen-bond acceptors (Lipinski definition) is 9. The van der Waals surface area contributed by atoms with Crippen LogP contribution in [0.5, 0.6) is 5.75 Å². The maximum Gasteiger partial charge on any atom is 0.229 e. The van der Waals surface area contributed by atoms with E-state index < -0.39 is 11.3 Å². The largest absolute Gasteiger partial charge is 0.760 e. The normalized spacial score (nSPS) is 17.3. The molecule has 2 aliphatic rings. The Kier molecular flexibility index (Phi) is 9.15. The number of hydrogen-bond donors (Lipinski definition) is 3. The van der Waals surface area contributed by atoms with E-state index in [2.05, 4.69) is 47.3 Å². The van der Waals surface area contributed by atoms with Crippen molar-refractivity contribution in [2.45, 2.75) is 38.3 Å². The van der Waals surface area contributed by atoms with Gasteiger partial charge >= 0.3 is 0 Å². The highest BCUT2D eigenvalue weighted by atomic mass is 35.5. The molecule has 0 bridgehead atoms. The number of nitrogens with zero attached hydrogens (tertiary/aromatic N) is 4. The van der Waals surface area contributed by atoms with Crippen LogP contribution in [0.3, 0.4) is 0 Å². The number of anilines is 5. The standard InChI is InChI=1S/C27H34ClN7O3S/c1-38-25-16-21(35-14-10-20(11-15-35)34-12-4-5-13-34)8-9-24(25)32-27-29-18-22(28)26(33-27)31-23-7-3-2-6-19(23)17-30-39(36)37/h2-3,6-9,16,18,20,30H,4-5,10-15,17H2,1H3,(H,36,37)(H2,29,31,32,33)/p-1. The fourth-order valence-electron chi connectivity index (χ4n) is 5.27. The molecular weight excluding hydrogens is 538 g/mol. The molecule has 1 atom stereocenters. The lowest BCUT2D eigenvalue weighted by Gasteiger charge is -2.38. The quantitative estimate of drug-likeness (QED) is 0.301. The predicted octanol–water partition coefficient (Wildman–Crippen LogP) is 4.57. The third-order valence-corrected chi connectivity index (χ3v) is 7.97. The molecule has 1 aromatic heterocycles. The van der Waals surface area contributed by atoms with Crippen LogP contribution in [0, 0.1) is 0 Å². The number of nitrogens with one attached hydrogen (secondary N) is 3. The predicted molar refractivity (Wildman–Crippen MR) is 155 cm³/mol. The molecule has 12 heteroatoms. The molecule has 0 radical (unpaired) electrons. The molecule has 2 aliphatic heterocycles. The van der Waals surface area contributed by atoms with Crippen LogP contribution in [0.25, 0.3) is 0 Å². The van der Waals surface area contributed by atoms with Crippen molar-refractivity contribution in [1.29, 1.82) is 0 Å². The van der Waals surface area contributed by atoms with Crippen LogP contribution in [0.1, 0.15) is 31.2 Å². The van der Waals surface area contributed by atoms with Crippen molar-refractivity contribution >= 4 is 51.7 Å². The minimum atomic E-state index is -2.37. The van der Waals surface area contributed by atoms with Gasteiger partial charge in [0.25, 0.3) is 0 Å². The molecule has 3 N–H and O–H groups in total. The Balaban J connectivity index is 1.27. The second kappa shape index (κ2) is 12.9. The van der Waals surface area contributed by atoms with Gasteiger partial charge in [-0.2, -0.15) is 4.98 Å². The SMILES string of the molecule is COc1cc(N2CCC(N3CCCC3)CC2)ccc1Nc1ncc(Cl)c(Nc2ccccc2CNS(=O)[O-])n1. The summed E-state index contributed by atoms with van der Waals surface area (Å²) in [7, 11) is 1.65. The van der Waals surface area contributed by atoms with E-state index in [0.717, 1.165) is 30.0 Å². The van der Waals surface area contributed by atoms with E-state index in [4.69, 9.17) is 16.3 Å². The molecule has 2 aromatic carbocycles. The van der Waals surface area contributed by atoms with Crippen molar-refractivity contribution in [2.24, 2.45) is 0 Å². The number of methoxy groups -OCH3 is 1. The Morgan fingerprint density at radius 1 is 1.08 bits per heavy atom. The highest BCUT2D eigenvalue weighted by molar-refractivity contribution is 7.77. The van der Waals surface area contributed by atoms with Gasteiger partial charge in [-0.25, -0.2) is 9.71 Å². The zero-order valence-electron chi connectivity index (χ0n) is 21.9. The first-order valence-corrected chi connectivity index (χ1v) is 14.6.